The van der Waals surface area contributed by atoms with E-state index in [1.54, 1.807) is 89.2 Å². The first-order valence-corrected chi connectivity index (χ1v) is 19.4. The van der Waals surface area contributed by atoms with Crippen LogP contribution >= 0.6 is 0 Å². The number of hydrogen-bond acceptors (Lipinski definition) is 14. The number of aliphatic imine (C=N–C) groups is 1. The Labute approximate surface area is 350 Å². The molecule has 0 fully saturated rings. The SMILES string of the molecule is CC(C)(C)OC(=O)C[C@H](NC(=O)CCc1ccc(OC(=O)c2ccc(N=C(N)N)cc2)cc1C1=NOC(CC(=O)OC(C)(C)C)(C(=O)OC(C)(C)C)C1)C(=O)OC(C)(C)C. The minimum Gasteiger partial charge on any atom is -0.460 e. The summed E-state index contributed by atoms with van der Waals surface area (Å²) in [6.45, 7) is 20.1. The number of benzene rings is 2. The summed E-state index contributed by atoms with van der Waals surface area (Å²) in [7, 11) is 0. The number of ether oxygens (including phenoxy) is 5. The maximum atomic E-state index is 13.8. The monoisotopic (exact) mass is 837 g/mol. The second kappa shape index (κ2) is 18.9. The molecule has 1 unspecified atom stereocenters. The number of oxime groups is 1. The van der Waals surface area contributed by atoms with Gasteiger partial charge >= 0.3 is 29.8 Å². The van der Waals surface area contributed by atoms with Crippen molar-refractivity contribution in [1.82, 2.24) is 5.32 Å². The molecule has 1 heterocycles. The average Bonchev–Trinajstić information content (AvgIpc) is 3.49. The molecule has 0 bridgehead atoms. The highest BCUT2D eigenvalue weighted by molar-refractivity contribution is 6.07. The van der Waals surface area contributed by atoms with Gasteiger partial charge < -0.3 is 45.3 Å². The third-order valence-electron chi connectivity index (χ3n) is 7.81. The van der Waals surface area contributed by atoms with Gasteiger partial charge in [-0.25, -0.2) is 19.4 Å². The van der Waals surface area contributed by atoms with Gasteiger partial charge in [-0.15, -0.1) is 0 Å². The van der Waals surface area contributed by atoms with Crippen molar-refractivity contribution in [2.75, 3.05) is 0 Å². The van der Waals surface area contributed by atoms with E-state index in [1.807, 2.05) is 0 Å². The predicted molar refractivity (Wildman–Crippen MR) is 221 cm³/mol. The van der Waals surface area contributed by atoms with E-state index < -0.39 is 82.6 Å². The average molecular weight is 838 g/mol. The van der Waals surface area contributed by atoms with Crippen LogP contribution in [0.15, 0.2) is 52.6 Å². The van der Waals surface area contributed by atoms with Gasteiger partial charge in [0.2, 0.25) is 11.5 Å². The number of aryl methyl sites for hydroxylation is 1. The van der Waals surface area contributed by atoms with Crippen molar-refractivity contribution >= 4 is 53.1 Å². The molecule has 0 spiro atoms. The lowest BCUT2D eigenvalue weighted by atomic mass is 9.88. The minimum atomic E-state index is -1.92. The van der Waals surface area contributed by atoms with Crippen molar-refractivity contribution in [2.45, 2.75) is 149 Å². The van der Waals surface area contributed by atoms with Gasteiger partial charge in [0.1, 0.15) is 34.2 Å². The molecule has 0 aliphatic carbocycles. The highest BCUT2D eigenvalue weighted by Crippen LogP contribution is 2.36. The quantitative estimate of drug-likeness (QED) is 0.0725. The normalized spacial score (nSPS) is 16.0. The van der Waals surface area contributed by atoms with Gasteiger partial charge in [-0.05, 0) is 131 Å². The summed E-state index contributed by atoms with van der Waals surface area (Å²) in [5.74, 6) is -4.53. The Balaban J connectivity index is 1.99. The molecule has 2 aromatic rings. The van der Waals surface area contributed by atoms with Crippen LogP contribution in [-0.2, 0) is 54.2 Å². The maximum absolute atomic E-state index is 13.8. The molecule has 1 aliphatic heterocycles. The molecule has 0 radical (unpaired) electrons. The van der Waals surface area contributed by atoms with Crippen LogP contribution in [0.2, 0.25) is 0 Å². The molecule has 60 heavy (non-hydrogen) atoms. The zero-order valence-electron chi connectivity index (χ0n) is 36.6. The fourth-order valence-electron chi connectivity index (χ4n) is 5.60. The third-order valence-corrected chi connectivity index (χ3v) is 7.81. The lowest BCUT2D eigenvalue weighted by molar-refractivity contribution is -0.188. The van der Waals surface area contributed by atoms with Crippen molar-refractivity contribution < 1.29 is 57.3 Å². The van der Waals surface area contributed by atoms with Gasteiger partial charge in [0.05, 0.1) is 29.8 Å². The number of nitrogens with two attached hydrogens (primary N) is 2. The number of nitrogens with one attached hydrogen (secondary N) is 1. The van der Waals surface area contributed by atoms with Gasteiger partial charge in [-0.1, -0.05) is 11.2 Å². The molecule has 5 N–H and O–H groups in total. The molecular weight excluding hydrogens is 778 g/mol. The van der Waals surface area contributed by atoms with Crippen LogP contribution in [-0.4, -0.2) is 81.5 Å². The molecule has 2 aromatic carbocycles. The third kappa shape index (κ3) is 16.0. The number of rotatable bonds is 14. The molecule has 3 rings (SSSR count). The van der Waals surface area contributed by atoms with Crippen LogP contribution in [0, 0.1) is 0 Å². The second-order valence-electron chi connectivity index (χ2n) is 18.3. The Morgan fingerprint density at radius 2 is 1.35 bits per heavy atom. The number of guanidine groups is 1. The largest absolute Gasteiger partial charge is 0.460 e. The van der Waals surface area contributed by atoms with E-state index in [9.17, 15) is 28.8 Å². The van der Waals surface area contributed by atoms with Crippen molar-refractivity contribution in [3.63, 3.8) is 0 Å². The van der Waals surface area contributed by atoms with Crippen LogP contribution < -0.4 is 21.5 Å². The fraction of sp³-hybridized carbons (Fsp3) is 0.535. The lowest BCUT2D eigenvalue weighted by Gasteiger charge is -2.29. The van der Waals surface area contributed by atoms with Crippen LogP contribution in [0.3, 0.4) is 0 Å². The number of carbonyl (C=O) groups excluding carboxylic acids is 6. The number of hydrogen-bond donors (Lipinski definition) is 3. The Morgan fingerprint density at radius 3 is 1.90 bits per heavy atom. The maximum Gasteiger partial charge on any atom is 0.354 e. The van der Waals surface area contributed by atoms with E-state index in [2.05, 4.69) is 15.5 Å². The zero-order chi connectivity index (χ0) is 45.4. The van der Waals surface area contributed by atoms with E-state index >= 15 is 0 Å². The highest BCUT2D eigenvalue weighted by atomic mass is 16.7. The fourth-order valence-corrected chi connectivity index (χ4v) is 5.60. The smallest absolute Gasteiger partial charge is 0.354 e. The Bertz CT molecular complexity index is 1990. The number of nitrogens with zero attached hydrogens (tertiary/aromatic N) is 2. The molecule has 17 nitrogen and oxygen atoms in total. The van der Waals surface area contributed by atoms with Gasteiger partial charge in [-0.3, -0.25) is 14.4 Å². The molecule has 0 saturated carbocycles. The Kier molecular flexibility index (Phi) is 15.3. The first-order valence-electron chi connectivity index (χ1n) is 19.4. The van der Waals surface area contributed by atoms with Crippen LogP contribution in [0.1, 0.15) is 130 Å². The topological polar surface area (TPSA) is 247 Å². The van der Waals surface area contributed by atoms with Crippen LogP contribution in [0.5, 0.6) is 5.75 Å². The van der Waals surface area contributed by atoms with E-state index in [4.69, 9.17) is 40.0 Å². The lowest BCUT2D eigenvalue weighted by Crippen LogP contribution is -2.46. The van der Waals surface area contributed by atoms with E-state index in [-0.39, 0.29) is 42.2 Å². The Hall–Kier alpha value is -6.00. The molecule has 2 atom stereocenters. The molecule has 0 aromatic heterocycles. The summed E-state index contributed by atoms with van der Waals surface area (Å²) >= 11 is 0. The van der Waals surface area contributed by atoms with E-state index in [0.29, 0.717) is 16.8 Å². The molecule has 0 saturated heterocycles. The summed E-state index contributed by atoms with van der Waals surface area (Å²) in [6, 6.07) is 9.26. The van der Waals surface area contributed by atoms with E-state index in [1.165, 1.54) is 36.4 Å². The summed E-state index contributed by atoms with van der Waals surface area (Å²) in [4.78, 5) is 89.3. The van der Waals surface area contributed by atoms with E-state index in [0.717, 1.165) is 0 Å². The predicted octanol–water partition coefficient (Wildman–Crippen LogP) is 5.24. The highest BCUT2D eigenvalue weighted by Gasteiger charge is 2.52. The van der Waals surface area contributed by atoms with Crippen LogP contribution in [0.4, 0.5) is 5.69 Å². The number of amides is 1. The summed E-state index contributed by atoms with van der Waals surface area (Å²) in [6.07, 6.45) is -1.46. The van der Waals surface area contributed by atoms with Crippen molar-refractivity contribution in [2.24, 2.45) is 21.6 Å². The van der Waals surface area contributed by atoms with Gasteiger partial charge in [0.25, 0.3) is 0 Å². The molecule has 1 amide bonds. The summed E-state index contributed by atoms with van der Waals surface area (Å²) < 4.78 is 27.8. The first-order chi connectivity index (χ1) is 27.4. The van der Waals surface area contributed by atoms with Crippen molar-refractivity contribution in [3.05, 3.63) is 59.2 Å². The summed E-state index contributed by atoms with van der Waals surface area (Å²) in [5.41, 5.74) is 6.98. The van der Waals surface area contributed by atoms with Gasteiger partial charge in [0.15, 0.2) is 5.96 Å². The molecule has 17 heteroatoms. The van der Waals surface area contributed by atoms with Gasteiger partial charge in [-0.2, -0.15) is 0 Å². The number of esters is 5. The zero-order valence-corrected chi connectivity index (χ0v) is 36.6. The molecular formula is C43H59N5O12. The van der Waals surface area contributed by atoms with Crippen molar-refractivity contribution in [3.8, 4) is 5.75 Å². The standard InChI is InChI=1S/C43H59N5O12/c1-39(2,3)56-33(50)22-30(36(53)58-41(7,8)9)47-32(49)20-16-25-15-19-28(55-35(52)26-13-17-27(18-14-26)46-38(44)45)21-29(25)31-23-43(60-48-31,37(54)59-42(10,11)12)24-34(51)57-40(4,5)6/h13-15,17-19,21,30H,16,20,22-24H2,1-12H3,(H,47,49)(H4,44,45,46)/t30-,43?/m0/s1. The van der Waals surface area contributed by atoms with Crippen molar-refractivity contribution in [1.29, 1.82) is 0 Å². The second-order valence-corrected chi connectivity index (χ2v) is 18.3. The van der Waals surface area contributed by atoms with Gasteiger partial charge in [0, 0.05) is 18.4 Å². The summed E-state index contributed by atoms with van der Waals surface area (Å²) in [5, 5.41) is 6.85. The minimum absolute atomic E-state index is 0.0274. The molecule has 1 aliphatic rings. The Morgan fingerprint density at radius 1 is 0.783 bits per heavy atom. The molecule has 328 valence electrons. The number of carbonyl (C=O) groups is 6. The first kappa shape index (κ1) is 48.4. The van der Waals surface area contributed by atoms with Crippen LogP contribution in [0.25, 0.3) is 0 Å².